The van der Waals surface area contributed by atoms with Gasteiger partial charge in [0.2, 0.25) is 5.91 Å². The Hall–Kier alpha value is -1.42. The van der Waals surface area contributed by atoms with Gasteiger partial charge in [0.15, 0.2) is 0 Å². The molecule has 0 saturated heterocycles. The summed E-state index contributed by atoms with van der Waals surface area (Å²) in [6.07, 6.45) is 2.04. The lowest BCUT2D eigenvalue weighted by atomic mass is 10.3. The van der Waals surface area contributed by atoms with Gasteiger partial charge in [-0.3, -0.25) is 4.79 Å². The Morgan fingerprint density at radius 1 is 1.60 bits per heavy atom. The molecule has 0 unspecified atom stereocenters. The molecule has 1 amide bonds. The van der Waals surface area contributed by atoms with Crippen LogP contribution in [0.1, 0.15) is 18.9 Å². The van der Waals surface area contributed by atoms with Crippen LogP contribution in [0.2, 0.25) is 0 Å². The number of nitrogens with one attached hydrogen (secondary N) is 1. The topological polar surface area (TPSA) is 51.2 Å². The molecule has 4 heteroatoms. The smallest absolute Gasteiger partial charge is 0.227 e. The molecule has 1 rings (SSSR count). The van der Waals surface area contributed by atoms with E-state index in [0.717, 1.165) is 5.56 Å². The number of ether oxygens (including phenoxy) is 1. The Morgan fingerprint density at radius 3 is 3.07 bits per heavy atom. The van der Waals surface area contributed by atoms with E-state index in [9.17, 15) is 4.79 Å². The zero-order valence-electron chi connectivity index (χ0n) is 9.12. The lowest BCUT2D eigenvalue weighted by Gasteiger charge is -2.04. The van der Waals surface area contributed by atoms with Crippen molar-refractivity contribution >= 4 is 11.7 Å². The summed E-state index contributed by atoms with van der Waals surface area (Å²) in [4.78, 5) is 15.4. The van der Waals surface area contributed by atoms with Crippen molar-refractivity contribution < 1.29 is 9.53 Å². The van der Waals surface area contributed by atoms with Crippen molar-refractivity contribution in [2.75, 3.05) is 18.5 Å². The Morgan fingerprint density at radius 2 is 2.40 bits per heavy atom. The quantitative estimate of drug-likeness (QED) is 0.750. The third kappa shape index (κ3) is 4.56. The molecule has 0 aliphatic heterocycles. The van der Waals surface area contributed by atoms with E-state index in [-0.39, 0.29) is 5.91 Å². The van der Waals surface area contributed by atoms with Crippen LogP contribution in [0.3, 0.4) is 0 Å². The normalized spacial score (nSPS) is 10.0. The average Bonchev–Trinajstić information content (AvgIpc) is 2.18. The van der Waals surface area contributed by atoms with E-state index in [0.29, 0.717) is 25.5 Å². The maximum Gasteiger partial charge on any atom is 0.227 e. The van der Waals surface area contributed by atoms with Crippen molar-refractivity contribution in [2.45, 2.75) is 20.3 Å². The number of carbonyl (C=O) groups is 1. The van der Waals surface area contributed by atoms with Gasteiger partial charge in [-0.1, -0.05) is 0 Å². The standard InChI is InChI=1S/C11H16N2O2/c1-3-15-7-5-11(14)13-10-8-9(2)4-6-12-10/h4,6,8H,3,5,7H2,1-2H3,(H,12,13,14). The van der Waals surface area contributed by atoms with Gasteiger partial charge >= 0.3 is 0 Å². The summed E-state index contributed by atoms with van der Waals surface area (Å²) in [6.45, 7) is 4.95. The summed E-state index contributed by atoms with van der Waals surface area (Å²) in [7, 11) is 0. The molecule has 0 radical (unpaired) electrons. The fourth-order valence-electron chi connectivity index (χ4n) is 1.12. The molecule has 0 atom stereocenters. The van der Waals surface area contributed by atoms with Crippen molar-refractivity contribution in [1.29, 1.82) is 0 Å². The summed E-state index contributed by atoms with van der Waals surface area (Å²) in [5, 5.41) is 2.71. The molecule has 15 heavy (non-hydrogen) atoms. The maximum absolute atomic E-state index is 11.4. The van der Waals surface area contributed by atoms with Crippen LogP contribution in [-0.2, 0) is 9.53 Å². The number of carbonyl (C=O) groups excluding carboxylic acids is 1. The third-order valence-electron chi connectivity index (χ3n) is 1.86. The molecule has 1 N–H and O–H groups in total. The molecule has 0 bridgehead atoms. The van der Waals surface area contributed by atoms with Crippen LogP contribution in [0.15, 0.2) is 18.3 Å². The van der Waals surface area contributed by atoms with Crippen LogP contribution in [0.5, 0.6) is 0 Å². The summed E-state index contributed by atoms with van der Waals surface area (Å²) in [5.74, 6) is 0.526. The number of anilines is 1. The molecule has 0 saturated carbocycles. The molecule has 1 heterocycles. The Kier molecular flexibility index (Phi) is 4.77. The van der Waals surface area contributed by atoms with Crippen LogP contribution in [-0.4, -0.2) is 24.1 Å². The minimum Gasteiger partial charge on any atom is -0.381 e. The van der Waals surface area contributed by atoms with Gasteiger partial charge in [-0.15, -0.1) is 0 Å². The van der Waals surface area contributed by atoms with Crippen molar-refractivity contribution in [2.24, 2.45) is 0 Å². The number of amides is 1. The van der Waals surface area contributed by atoms with E-state index in [1.54, 1.807) is 6.20 Å². The first-order valence-corrected chi connectivity index (χ1v) is 5.02. The number of hydrogen-bond donors (Lipinski definition) is 1. The average molecular weight is 208 g/mol. The van der Waals surface area contributed by atoms with Crippen molar-refractivity contribution in [3.05, 3.63) is 23.9 Å². The van der Waals surface area contributed by atoms with E-state index in [1.807, 2.05) is 26.0 Å². The van der Waals surface area contributed by atoms with Crippen molar-refractivity contribution in [3.63, 3.8) is 0 Å². The minimum atomic E-state index is -0.0680. The number of hydrogen-bond acceptors (Lipinski definition) is 3. The largest absolute Gasteiger partial charge is 0.381 e. The highest BCUT2D eigenvalue weighted by Crippen LogP contribution is 2.05. The van der Waals surface area contributed by atoms with Gasteiger partial charge in [-0.2, -0.15) is 0 Å². The predicted octanol–water partition coefficient (Wildman–Crippen LogP) is 1.76. The number of rotatable bonds is 5. The van der Waals surface area contributed by atoms with E-state index in [1.165, 1.54) is 0 Å². The van der Waals surface area contributed by atoms with Crippen LogP contribution in [0.25, 0.3) is 0 Å². The Balaban J connectivity index is 2.37. The molecule has 1 aromatic rings. The zero-order chi connectivity index (χ0) is 11.1. The predicted molar refractivity (Wildman–Crippen MR) is 58.7 cm³/mol. The summed E-state index contributed by atoms with van der Waals surface area (Å²) in [5.41, 5.74) is 1.07. The number of pyridine rings is 1. The lowest BCUT2D eigenvalue weighted by Crippen LogP contribution is -2.15. The Labute approximate surface area is 89.7 Å². The molecule has 0 aliphatic rings. The molecule has 0 fully saturated rings. The fraction of sp³-hybridized carbons (Fsp3) is 0.455. The monoisotopic (exact) mass is 208 g/mol. The molecule has 0 spiro atoms. The third-order valence-corrected chi connectivity index (χ3v) is 1.86. The lowest BCUT2D eigenvalue weighted by molar-refractivity contribution is -0.117. The highest BCUT2D eigenvalue weighted by atomic mass is 16.5. The second-order valence-electron chi connectivity index (χ2n) is 3.21. The second kappa shape index (κ2) is 6.14. The van der Waals surface area contributed by atoms with Gasteiger partial charge in [-0.05, 0) is 31.5 Å². The molecule has 0 aromatic carbocycles. The Bertz CT molecular complexity index is 326. The molecule has 4 nitrogen and oxygen atoms in total. The van der Waals surface area contributed by atoms with Gasteiger partial charge in [0.25, 0.3) is 0 Å². The van der Waals surface area contributed by atoms with Crippen LogP contribution in [0.4, 0.5) is 5.82 Å². The van der Waals surface area contributed by atoms with E-state index in [4.69, 9.17) is 4.74 Å². The van der Waals surface area contributed by atoms with Crippen LogP contribution >= 0.6 is 0 Å². The zero-order valence-corrected chi connectivity index (χ0v) is 9.12. The first-order valence-electron chi connectivity index (χ1n) is 5.02. The maximum atomic E-state index is 11.4. The fourth-order valence-corrected chi connectivity index (χ4v) is 1.12. The SMILES string of the molecule is CCOCCC(=O)Nc1cc(C)ccn1. The molecule has 82 valence electrons. The summed E-state index contributed by atoms with van der Waals surface area (Å²) < 4.78 is 5.08. The highest BCUT2D eigenvalue weighted by molar-refractivity contribution is 5.89. The number of aryl methyl sites for hydroxylation is 1. The van der Waals surface area contributed by atoms with Crippen LogP contribution < -0.4 is 5.32 Å². The van der Waals surface area contributed by atoms with E-state index in [2.05, 4.69) is 10.3 Å². The van der Waals surface area contributed by atoms with Crippen molar-refractivity contribution in [1.82, 2.24) is 4.98 Å². The minimum absolute atomic E-state index is 0.0680. The van der Waals surface area contributed by atoms with Crippen LogP contribution in [0, 0.1) is 6.92 Å². The molecular weight excluding hydrogens is 192 g/mol. The van der Waals surface area contributed by atoms with Gasteiger partial charge in [-0.25, -0.2) is 4.98 Å². The summed E-state index contributed by atoms with van der Waals surface area (Å²) in [6, 6.07) is 3.72. The molecule has 1 aromatic heterocycles. The first-order chi connectivity index (χ1) is 7.22. The van der Waals surface area contributed by atoms with Gasteiger partial charge < -0.3 is 10.1 Å². The van der Waals surface area contributed by atoms with Gasteiger partial charge in [0.1, 0.15) is 5.82 Å². The number of nitrogens with zero attached hydrogens (tertiary/aromatic N) is 1. The van der Waals surface area contributed by atoms with Gasteiger partial charge in [0.05, 0.1) is 13.0 Å². The van der Waals surface area contributed by atoms with E-state index < -0.39 is 0 Å². The van der Waals surface area contributed by atoms with E-state index >= 15 is 0 Å². The first kappa shape index (κ1) is 11.7. The second-order valence-corrected chi connectivity index (χ2v) is 3.21. The molecule has 0 aliphatic carbocycles. The van der Waals surface area contributed by atoms with Gasteiger partial charge in [0, 0.05) is 12.8 Å². The van der Waals surface area contributed by atoms with Crippen molar-refractivity contribution in [3.8, 4) is 0 Å². The highest BCUT2D eigenvalue weighted by Gasteiger charge is 2.02. The molecular formula is C11H16N2O2. The summed E-state index contributed by atoms with van der Waals surface area (Å²) >= 11 is 0. The number of aromatic nitrogens is 1.